The van der Waals surface area contributed by atoms with Crippen molar-refractivity contribution < 1.29 is 14.3 Å². The Morgan fingerprint density at radius 1 is 1.20 bits per heavy atom. The number of rotatable bonds is 6. The second-order valence-corrected chi connectivity index (χ2v) is 8.33. The molecule has 1 aromatic heterocycles. The minimum atomic E-state index is -0.543. The molecule has 4 aromatic rings. The van der Waals surface area contributed by atoms with Gasteiger partial charge in [0.05, 0.1) is 29.3 Å². The number of benzene rings is 3. The number of aromatic nitrogens is 2. The maximum Gasteiger partial charge on any atom is 0.244 e. The molecule has 2 N–H and O–H groups in total. The average Bonchev–Trinajstić information content (AvgIpc) is 3.43. The van der Waals surface area contributed by atoms with E-state index in [-0.39, 0.29) is 35.7 Å². The number of anilines is 1. The molecular weight excluding hydrogens is 469 g/mol. The smallest absolute Gasteiger partial charge is 0.244 e. The Balaban J connectivity index is 0.00000289. The summed E-state index contributed by atoms with van der Waals surface area (Å²) in [5, 5.41) is 24.0. The van der Waals surface area contributed by atoms with Gasteiger partial charge < -0.3 is 19.9 Å². The summed E-state index contributed by atoms with van der Waals surface area (Å²) >= 11 is 0. The summed E-state index contributed by atoms with van der Waals surface area (Å²) in [6.07, 6.45) is 4.04. The van der Waals surface area contributed by atoms with Crippen LogP contribution in [0.4, 0.5) is 10.1 Å². The molecule has 178 valence electrons. The number of aromatic hydroxyl groups is 1. The molecule has 0 radical (unpaired) electrons. The SMILES string of the molecule is Cl.N#Cc1ccc(Cn2cncc2CN[C@@H]2CCN(c3cccc4ccc(O)cc34)C2=O)cc1F. The van der Waals surface area contributed by atoms with Gasteiger partial charge in [-0.05, 0) is 47.7 Å². The Morgan fingerprint density at radius 2 is 2.06 bits per heavy atom. The van der Waals surface area contributed by atoms with Crippen molar-refractivity contribution in [1.82, 2.24) is 14.9 Å². The van der Waals surface area contributed by atoms with Gasteiger partial charge in [0.1, 0.15) is 17.6 Å². The van der Waals surface area contributed by atoms with Gasteiger partial charge in [-0.3, -0.25) is 4.79 Å². The zero-order valence-corrected chi connectivity index (χ0v) is 19.5. The zero-order chi connectivity index (χ0) is 23.7. The number of hydrogen-bond donors (Lipinski definition) is 2. The maximum absolute atomic E-state index is 14.0. The molecule has 1 aliphatic rings. The van der Waals surface area contributed by atoms with Crippen LogP contribution in [0.1, 0.15) is 23.2 Å². The number of halogens is 2. The van der Waals surface area contributed by atoms with Gasteiger partial charge in [0, 0.05) is 31.2 Å². The third kappa shape index (κ3) is 4.83. The first-order valence-corrected chi connectivity index (χ1v) is 11.0. The van der Waals surface area contributed by atoms with E-state index in [1.54, 1.807) is 35.6 Å². The Morgan fingerprint density at radius 3 is 2.86 bits per heavy atom. The summed E-state index contributed by atoms with van der Waals surface area (Å²) in [5.41, 5.74) is 2.39. The summed E-state index contributed by atoms with van der Waals surface area (Å²) in [6, 6.07) is 16.9. The number of nitrogens with one attached hydrogen (secondary N) is 1. The molecule has 1 amide bonds. The van der Waals surface area contributed by atoms with Crippen molar-refractivity contribution in [2.45, 2.75) is 25.6 Å². The van der Waals surface area contributed by atoms with Crippen LogP contribution in [-0.2, 0) is 17.9 Å². The van der Waals surface area contributed by atoms with Gasteiger partial charge in [-0.25, -0.2) is 9.37 Å². The molecule has 0 bridgehead atoms. The second-order valence-electron chi connectivity index (χ2n) is 8.33. The van der Waals surface area contributed by atoms with Crippen LogP contribution in [0.5, 0.6) is 5.75 Å². The number of fused-ring (bicyclic) bond motifs is 1. The molecule has 3 aromatic carbocycles. The first kappa shape index (κ1) is 24.2. The Bertz CT molecular complexity index is 1430. The van der Waals surface area contributed by atoms with E-state index in [1.165, 1.54) is 12.1 Å². The number of phenols is 1. The van der Waals surface area contributed by atoms with E-state index >= 15 is 0 Å². The third-order valence-corrected chi connectivity index (χ3v) is 6.17. The van der Waals surface area contributed by atoms with E-state index in [0.717, 1.165) is 27.7 Å². The molecule has 0 spiro atoms. The lowest BCUT2D eigenvalue weighted by Gasteiger charge is -2.19. The summed E-state index contributed by atoms with van der Waals surface area (Å²) < 4.78 is 15.8. The topological polar surface area (TPSA) is 94.2 Å². The third-order valence-electron chi connectivity index (χ3n) is 6.17. The van der Waals surface area contributed by atoms with Gasteiger partial charge in [0.2, 0.25) is 5.91 Å². The quantitative estimate of drug-likeness (QED) is 0.423. The number of carbonyl (C=O) groups excluding carboxylic acids is 1. The van der Waals surface area contributed by atoms with Crippen molar-refractivity contribution in [3.05, 3.63) is 89.8 Å². The summed E-state index contributed by atoms with van der Waals surface area (Å²) in [6.45, 7) is 1.41. The first-order valence-electron chi connectivity index (χ1n) is 11.0. The zero-order valence-electron chi connectivity index (χ0n) is 18.7. The fourth-order valence-corrected chi connectivity index (χ4v) is 4.40. The minimum Gasteiger partial charge on any atom is -0.508 e. The van der Waals surface area contributed by atoms with Crippen LogP contribution in [0, 0.1) is 17.1 Å². The Labute approximate surface area is 207 Å². The highest BCUT2D eigenvalue weighted by atomic mass is 35.5. The molecule has 1 aliphatic heterocycles. The lowest BCUT2D eigenvalue weighted by molar-refractivity contribution is -0.118. The summed E-state index contributed by atoms with van der Waals surface area (Å²) in [5.74, 6) is -0.397. The van der Waals surface area contributed by atoms with Crippen molar-refractivity contribution in [3.63, 3.8) is 0 Å². The van der Waals surface area contributed by atoms with Crippen LogP contribution in [0.3, 0.4) is 0 Å². The van der Waals surface area contributed by atoms with Crippen molar-refractivity contribution in [2.75, 3.05) is 11.4 Å². The molecule has 0 unspecified atom stereocenters. The monoisotopic (exact) mass is 491 g/mol. The lowest BCUT2D eigenvalue weighted by atomic mass is 10.1. The maximum atomic E-state index is 14.0. The largest absolute Gasteiger partial charge is 0.508 e. The molecule has 9 heteroatoms. The number of hydrogen-bond acceptors (Lipinski definition) is 5. The van der Waals surface area contributed by atoms with Crippen LogP contribution in [0.25, 0.3) is 10.8 Å². The number of imidazole rings is 1. The highest BCUT2D eigenvalue weighted by molar-refractivity contribution is 6.07. The summed E-state index contributed by atoms with van der Waals surface area (Å²) in [7, 11) is 0. The van der Waals surface area contributed by atoms with Crippen LogP contribution in [0.15, 0.2) is 67.1 Å². The lowest BCUT2D eigenvalue weighted by Crippen LogP contribution is -2.38. The number of nitriles is 1. The molecule has 1 atom stereocenters. The van der Waals surface area contributed by atoms with Gasteiger partial charge in [-0.1, -0.05) is 24.3 Å². The van der Waals surface area contributed by atoms with Gasteiger partial charge in [-0.2, -0.15) is 5.26 Å². The molecule has 1 saturated heterocycles. The number of phenolic OH excluding ortho intramolecular Hbond substituents is 1. The van der Waals surface area contributed by atoms with Gasteiger partial charge >= 0.3 is 0 Å². The fourth-order valence-electron chi connectivity index (χ4n) is 4.40. The van der Waals surface area contributed by atoms with Crippen molar-refractivity contribution in [3.8, 4) is 11.8 Å². The van der Waals surface area contributed by atoms with E-state index in [0.29, 0.717) is 26.1 Å². The van der Waals surface area contributed by atoms with Gasteiger partial charge in [-0.15, -0.1) is 12.4 Å². The standard InChI is InChI=1S/C26H22FN5O2.ClH/c27-23-10-17(4-5-19(23)12-28)15-31-16-29-13-20(31)14-30-24-8-9-32(26(24)34)25-3-1-2-18-6-7-21(33)11-22(18)25;/h1-7,10-11,13,16,24,30,33H,8-9,14-15H2;1H/t24-;/m1./s1. The molecule has 7 nitrogen and oxygen atoms in total. The number of amides is 1. The molecule has 0 saturated carbocycles. The molecule has 0 aliphatic carbocycles. The normalized spacial score (nSPS) is 15.3. The second kappa shape index (κ2) is 10.1. The van der Waals surface area contributed by atoms with Crippen LogP contribution in [0.2, 0.25) is 0 Å². The molecular formula is C26H23ClFN5O2. The summed E-state index contributed by atoms with van der Waals surface area (Å²) in [4.78, 5) is 19.1. The van der Waals surface area contributed by atoms with Crippen molar-refractivity contribution in [2.24, 2.45) is 0 Å². The van der Waals surface area contributed by atoms with Crippen molar-refractivity contribution in [1.29, 1.82) is 5.26 Å². The van der Waals surface area contributed by atoms with E-state index < -0.39 is 5.82 Å². The minimum absolute atomic E-state index is 0. The number of carbonyl (C=O) groups is 1. The Kier molecular flexibility index (Phi) is 7.01. The van der Waals surface area contributed by atoms with Gasteiger partial charge in [0.25, 0.3) is 0 Å². The van der Waals surface area contributed by atoms with Crippen LogP contribution >= 0.6 is 12.4 Å². The van der Waals surface area contributed by atoms with E-state index in [2.05, 4.69) is 10.3 Å². The van der Waals surface area contributed by atoms with Crippen LogP contribution < -0.4 is 10.2 Å². The molecule has 35 heavy (non-hydrogen) atoms. The highest BCUT2D eigenvalue weighted by Gasteiger charge is 2.33. The van der Waals surface area contributed by atoms with Crippen molar-refractivity contribution >= 4 is 34.8 Å². The van der Waals surface area contributed by atoms with E-state index in [9.17, 15) is 14.3 Å². The number of nitrogens with zero attached hydrogens (tertiary/aromatic N) is 4. The first-order chi connectivity index (χ1) is 16.5. The predicted molar refractivity (Wildman–Crippen MR) is 133 cm³/mol. The fraction of sp³-hybridized carbons (Fsp3) is 0.192. The Hall–Kier alpha value is -3.93. The van der Waals surface area contributed by atoms with E-state index in [4.69, 9.17) is 5.26 Å². The highest BCUT2D eigenvalue weighted by Crippen LogP contribution is 2.32. The molecule has 2 heterocycles. The van der Waals surface area contributed by atoms with Gasteiger partial charge in [0.15, 0.2) is 0 Å². The van der Waals surface area contributed by atoms with Crippen LogP contribution in [-0.4, -0.2) is 33.2 Å². The average molecular weight is 492 g/mol. The van der Waals surface area contributed by atoms with E-state index in [1.807, 2.05) is 34.9 Å². The predicted octanol–water partition coefficient (Wildman–Crippen LogP) is 4.12. The molecule has 5 rings (SSSR count). The molecule has 1 fully saturated rings.